The van der Waals surface area contributed by atoms with E-state index in [4.69, 9.17) is 9.47 Å². The zero-order chi connectivity index (χ0) is 22.1. The molecule has 0 heterocycles. The first-order valence-corrected chi connectivity index (χ1v) is 10.2. The summed E-state index contributed by atoms with van der Waals surface area (Å²) in [5, 5.41) is 9.36. The lowest BCUT2D eigenvalue weighted by Crippen LogP contribution is -2.30. The van der Waals surface area contributed by atoms with Crippen molar-refractivity contribution in [1.29, 1.82) is 0 Å². The average molecular weight is 418 g/mol. The minimum absolute atomic E-state index is 0.102. The molecule has 1 unspecified atom stereocenters. The second-order valence-corrected chi connectivity index (χ2v) is 7.42. The molecule has 0 radical (unpaired) electrons. The van der Waals surface area contributed by atoms with Crippen LogP contribution in [0.15, 0.2) is 78.9 Å². The molecule has 3 aromatic carbocycles. The first-order chi connectivity index (χ1) is 15.0. The Morgan fingerprint density at radius 3 is 2.06 bits per heavy atom. The second kappa shape index (κ2) is 11.0. The fraction of sp³-hybridized carbons (Fsp3) is 0.231. The molecule has 0 aliphatic heterocycles. The summed E-state index contributed by atoms with van der Waals surface area (Å²) in [5.41, 5.74) is 3.74. The Bertz CT molecular complexity index is 979. The number of phenolic OH excluding ortho intramolecular Hbond substituents is 1. The Morgan fingerprint density at radius 2 is 1.39 bits per heavy atom. The summed E-state index contributed by atoms with van der Waals surface area (Å²) in [6, 6.07) is 23.7. The number of aromatic hydroxyl groups is 1. The molecule has 0 fully saturated rings. The number of phenols is 1. The zero-order valence-corrected chi connectivity index (χ0v) is 17.5. The molecule has 3 rings (SSSR count). The van der Waals surface area contributed by atoms with Gasteiger partial charge in [-0.1, -0.05) is 72.3 Å². The van der Waals surface area contributed by atoms with Crippen molar-refractivity contribution >= 4 is 11.9 Å². The second-order valence-electron chi connectivity index (χ2n) is 7.42. The molecule has 0 amide bonds. The predicted octanol–water partition coefficient (Wildman–Crippen LogP) is 4.39. The highest BCUT2D eigenvalue weighted by Crippen LogP contribution is 2.16. The van der Waals surface area contributed by atoms with Crippen molar-refractivity contribution in [2.75, 3.05) is 6.61 Å². The standard InChI is InChI=1S/C26H26O5/c1-19-7-9-21(10-8-19)17-24(26(29)31-18-22-5-3-2-4-6-22)25(28)30-16-15-20-11-13-23(27)14-12-20/h2-14,24,27H,15-18H2,1H3. The van der Waals surface area contributed by atoms with Crippen molar-refractivity contribution in [3.63, 3.8) is 0 Å². The Labute approximate surface area is 182 Å². The number of carbonyl (C=O) groups is 2. The van der Waals surface area contributed by atoms with Crippen LogP contribution in [0.25, 0.3) is 0 Å². The van der Waals surface area contributed by atoms with Crippen LogP contribution < -0.4 is 0 Å². The lowest BCUT2D eigenvalue weighted by molar-refractivity contribution is -0.162. The Morgan fingerprint density at radius 1 is 0.774 bits per heavy atom. The van der Waals surface area contributed by atoms with E-state index < -0.39 is 17.9 Å². The maximum Gasteiger partial charge on any atom is 0.321 e. The highest BCUT2D eigenvalue weighted by molar-refractivity contribution is 5.95. The summed E-state index contributed by atoms with van der Waals surface area (Å²) < 4.78 is 10.8. The largest absolute Gasteiger partial charge is 0.508 e. The summed E-state index contributed by atoms with van der Waals surface area (Å²) in [7, 11) is 0. The monoisotopic (exact) mass is 418 g/mol. The highest BCUT2D eigenvalue weighted by Gasteiger charge is 2.30. The minimum Gasteiger partial charge on any atom is -0.508 e. The van der Waals surface area contributed by atoms with Crippen LogP contribution in [0.1, 0.15) is 22.3 Å². The third-order valence-corrected chi connectivity index (χ3v) is 4.92. The third kappa shape index (κ3) is 7.00. The molecular weight excluding hydrogens is 392 g/mol. The number of benzene rings is 3. The molecule has 0 bridgehead atoms. The topological polar surface area (TPSA) is 72.8 Å². The van der Waals surface area contributed by atoms with E-state index in [1.54, 1.807) is 24.3 Å². The highest BCUT2D eigenvalue weighted by atomic mass is 16.6. The number of rotatable bonds is 9. The van der Waals surface area contributed by atoms with Crippen LogP contribution in [-0.2, 0) is 38.5 Å². The van der Waals surface area contributed by atoms with E-state index in [0.717, 1.165) is 22.3 Å². The van der Waals surface area contributed by atoms with Gasteiger partial charge in [0.05, 0.1) is 6.61 Å². The van der Waals surface area contributed by atoms with Crippen molar-refractivity contribution in [1.82, 2.24) is 0 Å². The Hall–Kier alpha value is -3.60. The molecule has 5 nitrogen and oxygen atoms in total. The van der Waals surface area contributed by atoms with E-state index in [1.165, 1.54) is 0 Å². The van der Waals surface area contributed by atoms with Gasteiger partial charge in [0.2, 0.25) is 0 Å². The molecule has 31 heavy (non-hydrogen) atoms. The van der Waals surface area contributed by atoms with Gasteiger partial charge in [-0.05, 0) is 42.2 Å². The summed E-state index contributed by atoms with van der Waals surface area (Å²) in [6.07, 6.45) is 0.703. The van der Waals surface area contributed by atoms with Crippen molar-refractivity contribution in [3.8, 4) is 5.75 Å². The normalized spacial score (nSPS) is 11.5. The third-order valence-electron chi connectivity index (χ3n) is 4.92. The summed E-state index contributed by atoms with van der Waals surface area (Å²) in [4.78, 5) is 25.5. The lowest BCUT2D eigenvalue weighted by atomic mass is 9.98. The van der Waals surface area contributed by atoms with Gasteiger partial charge >= 0.3 is 11.9 Å². The van der Waals surface area contributed by atoms with Gasteiger partial charge in [-0.15, -0.1) is 0 Å². The first-order valence-electron chi connectivity index (χ1n) is 10.2. The lowest BCUT2D eigenvalue weighted by Gasteiger charge is -2.16. The fourth-order valence-corrected chi connectivity index (χ4v) is 3.08. The fourth-order valence-electron chi connectivity index (χ4n) is 3.08. The van der Waals surface area contributed by atoms with E-state index in [1.807, 2.05) is 61.5 Å². The van der Waals surface area contributed by atoms with Gasteiger partial charge in [-0.2, -0.15) is 0 Å². The minimum atomic E-state index is -1.04. The molecule has 3 aromatic rings. The van der Waals surface area contributed by atoms with Crippen LogP contribution in [0.2, 0.25) is 0 Å². The van der Waals surface area contributed by atoms with Gasteiger partial charge in [0.15, 0.2) is 5.92 Å². The molecular formula is C26H26O5. The van der Waals surface area contributed by atoms with Gasteiger partial charge in [-0.3, -0.25) is 9.59 Å². The zero-order valence-electron chi connectivity index (χ0n) is 17.5. The molecule has 0 saturated heterocycles. The van der Waals surface area contributed by atoms with Crippen molar-refractivity contribution < 1.29 is 24.2 Å². The van der Waals surface area contributed by atoms with Crippen LogP contribution in [0, 0.1) is 12.8 Å². The number of ether oxygens (including phenoxy) is 2. The molecule has 160 valence electrons. The summed E-state index contributed by atoms with van der Waals surface area (Å²) in [6.45, 7) is 2.22. The number of hydrogen-bond donors (Lipinski definition) is 1. The van der Waals surface area contributed by atoms with E-state index in [9.17, 15) is 14.7 Å². The molecule has 0 aromatic heterocycles. The van der Waals surface area contributed by atoms with Gasteiger partial charge in [-0.25, -0.2) is 0 Å². The molecule has 5 heteroatoms. The van der Waals surface area contributed by atoms with Gasteiger partial charge in [0.25, 0.3) is 0 Å². The van der Waals surface area contributed by atoms with E-state index >= 15 is 0 Å². The van der Waals surface area contributed by atoms with Gasteiger partial charge in [0.1, 0.15) is 12.4 Å². The van der Waals surface area contributed by atoms with Crippen LogP contribution >= 0.6 is 0 Å². The van der Waals surface area contributed by atoms with Gasteiger partial charge < -0.3 is 14.6 Å². The maximum atomic E-state index is 12.7. The summed E-state index contributed by atoms with van der Waals surface area (Å²) >= 11 is 0. The first kappa shape index (κ1) is 22.1. The quantitative estimate of drug-likeness (QED) is 0.412. The van der Waals surface area contributed by atoms with Gasteiger partial charge in [0, 0.05) is 6.42 Å². The molecule has 1 atom stereocenters. The van der Waals surface area contributed by atoms with E-state index in [0.29, 0.717) is 6.42 Å². The number of hydrogen-bond acceptors (Lipinski definition) is 5. The van der Waals surface area contributed by atoms with Crippen LogP contribution in [0.3, 0.4) is 0 Å². The molecule has 0 saturated carbocycles. The smallest absolute Gasteiger partial charge is 0.321 e. The van der Waals surface area contributed by atoms with Crippen molar-refractivity contribution in [3.05, 3.63) is 101 Å². The number of carbonyl (C=O) groups excluding carboxylic acids is 2. The summed E-state index contributed by atoms with van der Waals surface area (Å²) in [5.74, 6) is -2.05. The SMILES string of the molecule is Cc1ccc(CC(C(=O)OCCc2ccc(O)cc2)C(=O)OCc2ccccc2)cc1. The molecule has 0 aliphatic rings. The van der Waals surface area contributed by atoms with Crippen LogP contribution in [0.4, 0.5) is 0 Å². The number of aryl methyl sites for hydroxylation is 1. The predicted molar refractivity (Wildman–Crippen MR) is 117 cm³/mol. The van der Waals surface area contributed by atoms with E-state index in [2.05, 4.69) is 0 Å². The Kier molecular flexibility index (Phi) is 7.82. The molecule has 1 N–H and O–H groups in total. The molecule has 0 spiro atoms. The van der Waals surface area contributed by atoms with Crippen LogP contribution in [0.5, 0.6) is 5.75 Å². The van der Waals surface area contributed by atoms with Crippen LogP contribution in [-0.4, -0.2) is 23.7 Å². The average Bonchev–Trinajstić information content (AvgIpc) is 2.79. The number of esters is 2. The Balaban J connectivity index is 1.63. The van der Waals surface area contributed by atoms with Crippen molar-refractivity contribution in [2.45, 2.75) is 26.4 Å². The maximum absolute atomic E-state index is 12.7. The molecule has 0 aliphatic carbocycles. The van der Waals surface area contributed by atoms with Crippen molar-refractivity contribution in [2.24, 2.45) is 5.92 Å². The van der Waals surface area contributed by atoms with E-state index in [-0.39, 0.29) is 25.4 Å².